The largest absolute Gasteiger partial charge is 0.507 e. The number of hydrogen-bond acceptors (Lipinski definition) is 8. The van der Waals surface area contributed by atoms with E-state index in [2.05, 4.69) is 32.3 Å². The van der Waals surface area contributed by atoms with Gasteiger partial charge in [-0.3, -0.25) is 10.1 Å². The molecule has 0 amide bonds. The Morgan fingerprint density at radius 3 is 3.14 bits per heavy atom. The van der Waals surface area contributed by atoms with Crippen molar-refractivity contribution in [1.82, 2.24) is 15.2 Å². The number of nitrogens with zero attached hydrogens (tertiary/aromatic N) is 4. The Labute approximate surface area is 129 Å². The normalized spacial score (nSPS) is 10.7. The van der Waals surface area contributed by atoms with Crippen LogP contribution in [0.2, 0.25) is 0 Å². The van der Waals surface area contributed by atoms with Gasteiger partial charge in [0.1, 0.15) is 5.75 Å². The lowest BCUT2D eigenvalue weighted by Crippen LogP contribution is -1.94. The number of phenols is 1. The number of benzene rings is 1. The molecule has 114 valence electrons. The number of hydrogen-bond donors (Lipinski definition) is 3. The van der Waals surface area contributed by atoms with E-state index in [1.54, 1.807) is 6.08 Å². The first-order chi connectivity index (χ1) is 10.6. The van der Waals surface area contributed by atoms with Crippen molar-refractivity contribution in [3.8, 4) is 5.75 Å². The summed E-state index contributed by atoms with van der Waals surface area (Å²) in [5.74, 6) is 0.881. The first-order valence-electron chi connectivity index (χ1n) is 6.02. The number of nitro groups is 1. The summed E-state index contributed by atoms with van der Waals surface area (Å²) in [4.78, 5) is 14.2. The van der Waals surface area contributed by atoms with E-state index < -0.39 is 4.92 Å². The summed E-state index contributed by atoms with van der Waals surface area (Å²) in [6.45, 7) is 3.60. The third-order valence-electron chi connectivity index (χ3n) is 2.39. The minimum absolute atomic E-state index is 0.115. The van der Waals surface area contributed by atoms with Gasteiger partial charge in [-0.15, -0.1) is 11.7 Å². The van der Waals surface area contributed by atoms with Gasteiger partial charge in [0.05, 0.1) is 11.1 Å². The molecule has 0 bridgehead atoms. The molecule has 0 unspecified atom stereocenters. The van der Waals surface area contributed by atoms with Gasteiger partial charge in [-0.2, -0.15) is 10.1 Å². The molecule has 0 radical (unpaired) electrons. The summed E-state index contributed by atoms with van der Waals surface area (Å²) >= 11 is 1.40. The van der Waals surface area contributed by atoms with Crippen molar-refractivity contribution in [3.63, 3.8) is 0 Å². The van der Waals surface area contributed by atoms with Crippen LogP contribution in [0.3, 0.4) is 0 Å². The molecule has 22 heavy (non-hydrogen) atoms. The number of aromatic nitrogens is 3. The van der Waals surface area contributed by atoms with Gasteiger partial charge < -0.3 is 5.11 Å². The average Bonchev–Trinajstić information content (AvgIpc) is 2.94. The van der Waals surface area contributed by atoms with Gasteiger partial charge in [-0.25, -0.2) is 10.5 Å². The fourth-order valence-corrected chi connectivity index (χ4v) is 1.95. The van der Waals surface area contributed by atoms with Crippen LogP contribution in [0.15, 0.2) is 41.1 Å². The second-order valence-electron chi connectivity index (χ2n) is 3.94. The number of aromatic hydroxyl groups is 1. The number of non-ortho nitro benzene ring substituents is 1. The molecule has 1 aromatic heterocycles. The van der Waals surface area contributed by atoms with Gasteiger partial charge in [0.25, 0.3) is 5.69 Å². The molecule has 2 rings (SSSR count). The molecule has 0 atom stereocenters. The number of H-pyrrole nitrogens is 1. The maximum absolute atomic E-state index is 10.7. The van der Waals surface area contributed by atoms with Crippen LogP contribution in [0.1, 0.15) is 5.56 Å². The number of nitro benzene ring substituents is 1. The van der Waals surface area contributed by atoms with Gasteiger partial charge >= 0.3 is 0 Å². The zero-order valence-corrected chi connectivity index (χ0v) is 12.1. The highest BCUT2D eigenvalue weighted by Gasteiger charge is 2.08. The highest BCUT2D eigenvalue weighted by Crippen LogP contribution is 2.21. The summed E-state index contributed by atoms with van der Waals surface area (Å²) in [6.07, 6.45) is 2.98. The van der Waals surface area contributed by atoms with Crippen molar-refractivity contribution in [2.24, 2.45) is 5.10 Å². The minimum atomic E-state index is -0.552. The fraction of sp³-hybridized carbons (Fsp3) is 0.0833. The minimum Gasteiger partial charge on any atom is -0.507 e. The van der Waals surface area contributed by atoms with E-state index >= 15 is 0 Å². The van der Waals surface area contributed by atoms with Gasteiger partial charge in [0.2, 0.25) is 11.1 Å². The third-order valence-corrected chi connectivity index (χ3v) is 3.23. The van der Waals surface area contributed by atoms with Gasteiger partial charge in [0, 0.05) is 23.4 Å². The Bertz CT molecular complexity index is 715. The molecule has 0 saturated heterocycles. The summed E-state index contributed by atoms with van der Waals surface area (Å²) in [5.41, 5.74) is 2.66. The highest BCUT2D eigenvalue weighted by molar-refractivity contribution is 7.99. The first kappa shape index (κ1) is 15.5. The van der Waals surface area contributed by atoms with E-state index in [1.165, 1.54) is 36.2 Å². The fourth-order valence-electron chi connectivity index (χ4n) is 1.42. The Morgan fingerprint density at radius 2 is 2.41 bits per heavy atom. The van der Waals surface area contributed by atoms with Crippen LogP contribution >= 0.6 is 11.8 Å². The molecule has 1 heterocycles. The average molecular weight is 320 g/mol. The molecule has 3 N–H and O–H groups in total. The van der Waals surface area contributed by atoms with Crippen molar-refractivity contribution in [1.29, 1.82) is 0 Å². The van der Waals surface area contributed by atoms with Crippen molar-refractivity contribution < 1.29 is 10.0 Å². The molecule has 0 aliphatic carbocycles. The molecule has 0 fully saturated rings. The number of aromatic amines is 1. The lowest BCUT2D eigenvalue weighted by molar-refractivity contribution is -0.384. The van der Waals surface area contributed by atoms with Gasteiger partial charge in [-0.05, 0) is 6.07 Å². The van der Waals surface area contributed by atoms with Crippen molar-refractivity contribution in [2.45, 2.75) is 5.16 Å². The molecule has 0 aliphatic heterocycles. The Balaban J connectivity index is 2.03. The third kappa shape index (κ3) is 4.06. The van der Waals surface area contributed by atoms with E-state index in [0.29, 0.717) is 16.9 Å². The summed E-state index contributed by atoms with van der Waals surface area (Å²) in [5, 5.41) is 31.3. The van der Waals surface area contributed by atoms with Crippen LogP contribution in [0.4, 0.5) is 11.6 Å². The Morgan fingerprint density at radius 1 is 1.59 bits per heavy atom. The zero-order chi connectivity index (χ0) is 15.9. The van der Waals surface area contributed by atoms with Gasteiger partial charge in [0.15, 0.2) is 0 Å². The van der Waals surface area contributed by atoms with E-state index in [1.807, 2.05) is 0 Å². The number of nitrogens with one attached hydrogen (secondary N) is 2. The molecule has 1 aromatic carbocycles. The van der Waals surface area contributed by atoms with E-state index in [4.69, 9.17) is 0 Å². The molecule has 0 spiro atoms. The Hall–Kier alpha value is -2.88. The Kier molecular flexibility index (Phi) is 5.09. The van der Waals surface area contributed by atoms with Crippen LogP contribution < -0.4 is 5.43 Å². The summed E-state index contributed by atoms with van der Waals surface area (Å²) < 4.78 is 0. The standard InChI is InChI=1S/C12H12N6O3S/c1-2-5-22-12-14-11(16-17-12)15-13-7-8-6-9(18(20)21)3-4-10(8)19/h2-4,6-7,19H,1,5H2,(H2,14,15,16,17)/b13-7+. The molecule has 10 heteroatoms. The molecular weight excluding hydrogens is 308 g/mol. The lowest BCUT2D eigenvalue weighted by Gasteiger charge is -1.98. The smallest absolute Gasteiger partial charge is 0.270 e. The molecular formula is C12H12N6O3S. The van der Waals surface area contributed by atoms with E-state index in [-0.39, 0.29) is 17.0 Å². The first-order valence-corrected chi connectivity index (χ1v) is 7.01. The predicted octanol–water partition coefficient (Wildman–Crippen LogP) is 2.14. The van der Waals surface area contributed by atoms with Crippen molar-refractivity contribution >= 4 is 29.6 Å². The lowest BCUT2D eigenvalue weighted by atomic mass is 10.2. The summed E-state index contributed by atoms with van der Waals surface area (Å²) in [7, 11) is 0. The number of rotatable bonds is 7. The second-order valence-corrected chi connectivity index (χ2v) is 4.92. The van der Waals surface area contributed by atoms with Crippen LogP contribution in [0.5, 0.6) is 5.75 Å². The monoisotopic (exact) mass is 320 g/mol. The number of phenolic OH excluding ortho intramolecular Hbond substituents is 1. The number of thioether (sulfide) groups is 1. The number of hydrazone groups is 1. The SMILES string of the molecule is C=CCSc1n[nH]c(N/N=C/c2cc([N+](=O)[O-])ccc2O)n1. The van der Waals surface area contributed by atoms with Gasteiger partial charge in [-0.1, -0.05) is 17.8 Å². The van der Waals surface area contributed by atoms with Crippen LogP contribution in [-0.4, -0.2) is 37.2 Å². The van der Waals surface area contributed by atoms with Crippen LogP contribution in [0.25, 0.3) is 0 Å². The van der Waals surface area contributed by atoms with Crippen LogP contribution in [0, 0.1) is 10.1 Å². The quantitative estimate of drug-likeness (QED) is 0.234. The van der Waals surface area contributed by atoms with Crippen molar-refractivity contribution in [3.05, 3.63) is 46.5 Å². The van der Waals surface area contributed by atoms with Crippen molar-refractivity contribution in [2.75, 3.05) is 11.2 Å². The molecule has 0 saturated carbocycles. The van der Waals surface area contributed by atoms with E-state index in [9.17, 15) is 15.2 Å². The van der Waals surface area contributed by atoms with Crippen LogP contribution in [-0.2, 0) is 0 Å². The number of anilines is 1. The van der Waals surface area contributed by atoms with E-state index in [0.717, 1.165) is 0 Å². The molecule has 2 aromatic rings. The highest BCUT2D eigenvalue weighted by atomic mass is 32.2. The molecule has 9 nitrogen and oxygen atoms in total. The predicted molar refractivity (Wildman–Crippen MR) is 83.3 cm³/mol. The second kappa shape index (κ2) is 7.22. The zero-order valence-electron chi connectivity index (χ0n) is 11.3. The summed E-state index contributed by atoms with van der Waals surface area (Å²) in [6, 6.07) is 3.66. The maximum Gasteiger partial charge on any atom is 0.270 e. The molecule has 0 aliphatic rings. The topological polar surface area (TPSA) is 129 Å². The maximum atomic E-state index is 10.7.